The first kappa shape index (κ1) is 18.3. The Morgan fingerprint density at radius 2 is 1.89 bits per heavy atom. The number of carbonyl (C=O) groups is 2. The van der Waals surface area contributed by atoms with Crippen LogP contribution in [0.15, 0.2) is 4.79 Å². The van der Waals surface area contributed by atoms with Crippen LogP contribution in [-0.4, -0.2) is 21.7 Å². The van der Waals surface area contributed by atoms with E-state index in [-0.39, 0.29) is 29.3 Å². The van der Waals surface area contributed by atoms with E-state index in [0.717, 1.165) is 29.7 Å². The van der Waals surface area contributed by atoms with Gasteiger partial charge in [0.05, 0.1) is 11.3 Å². The van der Waals surface area contributed by atoms with Gasteiger partial charge in [-0.05, 0) is 52.0 Å². The Kier molecular flexibility index (Phi) is 4.66. The lowest BCUT2D eigenvalue weighted by Crippen LogP contribution is -2.39. The minimum atomic E-state index is -0.630. The van der Waals surface area contributed by atoms with Crippen LogP contribution in [0.25, 0.3) is 10.2 Å². The van der Waals surface area contributed by atoms with Crippen molar-refractivity contribution >= 4 is 33.3 Å². The Morgan fingerprint density at radius 3 is 2.56 bits per heavy atom. The van der Waals surface area contributed by atoms with Crippen LogP contribution in [0.2, 0.25) is 0 Å². The number of rotatable bonds is 3. The largest absolute Gasteiger partial charge is 0.454 e. The second-order valence-electron chi connectivity index (χ2n) is 7.89. The third-order valence-corrected chi connectivity index (χ3v) is 7.22. The molecule has 0 spiro atoms. The van der Waals surface area contributed by atoms with Crippen LogP contribution in [0.4, 0.5) is 0 Å². The second kappa shape index (κ2) is 6.86. The van der Waals surface area contributed by atoms with Crippen molar-refractivity contribution in [3.8, 4) is 0 Å². The summed E-state index contributed by atoms with van der Waals surface area (Å²) in [6.07, 6.45) is 3.40. The van der Waals surface area contributed by atoms with Gasteiger partial charge in [0, 0.05) is 16.7 Å². The molecule has 4 rings (SSSR count). The molecular weight excluding hydrogens is 364 g/mol. The number of H-pyrrole nitrogens is 1. The smallest absolute Gasteiger partial charge is 0.309 e. The normalized spacial score (nSPS) is 26.2. The molecule has 7 heteroatoms. The number of esters is 1. The molecule has 0 aromatic carbocycles. The van der Waals surface area contributed by atoms with E-state index >= 15 is 0 Å². The zero-order valence-electron chi connectivity index (χ0n) is 15.8. The third-order valence-electron chi connectivity index (χ3n) is 6.12. The Balaban J connectivity index is 1.51. The van der Waals surface area contributed by atoms with Crippen LogP contribution in [0.5, 0.6) is 0 Å². The summed E-state index contributed by atoms with van der Waals surface area (Å²) in [6, 6.07) is 0. The Hall–Kier alpha value is -2.02. The number of carbonyl (C=O) groups excluding carboxylic acids is 2. The fourth-order valence-electron chi connectivity index (χ4n) is 4.46. The number of nitrogens with zero attached hydrogens (tertiary/aromatic N) is 1. The van der Waals surface area contributed by atoms with Gasteiger partial charge in [-0.25, -0.2) is 4.98 Å². The fraction of sp³-hybridized carbons (Fsp3) is 0.600. The maximum atomic E-state index is 12.7. The molecule has 3 atom stereocenters. The highest BCUT2D eigenvalue weighted by Gasteiger charge is 2.42. The van der Waals surface area contributed by atoms with Crippen molar-refractivity contribution < 1.29 is 14.3 Å². The van der Waals surface area contributed by atoms with Gasteiger partial charge in [0.25, 0.3) is 5.56 Å². The molecule has 2 aromatic heterocycles. The van der Waals surface area contributed by atoms with E-state index in [4.69, 9.17) is 4.74 Å². The van der Waals surface area contributed by atoms with Gasteiger partial charge in [-0.2, -0.15) is 0 Å². The molecule has 2 aromatic rings. The predicted octanol–water partition coefficient (Wildman–Crippen LogP) is 3.60. The van der Waals surface area contributed by atoms with Gasteiger partial charge >= 0.3 is 5.97 Å². The van der Waals surface area contributed by atoms with E-state index in [2.05, 4.69) is 9.97 Å². The molecule has 2 saturated carbocycles. The number of hydrogen-bond acceptors (Lipinski definition) is 6. The van der Waals surface area contributed by atoms with Gasteiger partial charge in [0.2, 0.25) is 0 Å². The van der Waals surface area contributed by atoms with E-state index in [1.54, 1.807) is 6.92 Å². The minimum Gasteiger partial charge on any atom is -0.454 e. The number of nitrogens with one attached hydrogen (secondary N) is 1. The van der Waals surface area contributed by atoms with Gasteiger partial charge in [0.1, 0.15) is 10.6 Å². The SMILES string of the molecule is Cc1sc2nc(C(C)OC(=O)C3CC4CCCC(C3)C4=O)[nH]c(=O)c2c1C. The maximum absolute atomic E-state index is 12.7. The fourth-order valence-corrected chi connectivity index (χ4v) is 5.50. The molecule has 0 saturated heterocycles. The molecule has 2 fully saturated rings. The van der Waals surface area contributed by atoms with E-state index in [0.29, 0.717) is 34.7 Å². The second-order valence-corrected chi connectivity index (χ2v) is 9.09. The summed E-state index contributed by atoms with van der Waals surface area (Å²) in [5.74, 6) is 0.205. The van der Waals surface area contributed by atoms with Crippen LogP contribution < -0.4 is 5.56 Å². The van der Waals surface area contributed by atoms with E-state index in [1.807, 2.05) is 13.8 Å². The van der Waals surface area contributed by atoms with Crippen LogP contribution in [0, 0.1) is 31.6 Å². The molecule has 27 heavy (non-hydrogen) atoms. The van der Waals surface area contributed by atoms with E-state index in [9.17, 15) is 14.4 Å². The summed E-state index contributed by atoms with van der Waals surface area (Å²) in [5, 5.41) is 0.610. The third kappa shape index (κ3) is 3.22. The molecule has 0 aliphatic heterocycles. The Labute approximate surface area is 161 Å². The molecule has 0 radical (unpaired) electrons. The summed E-state index contributed by atoms with van der Waals surface area (Å²) >= 11 is 1.47. The van der Waals surface area contributed by atoms with Crippen LogP contribution >= 0.6 is 11.3 Å². The van der Waals surface area contributed by atoms with Crippen LogP contribution in [0.3, 0.4) is 0 Å². The highest BCUT2D eigenvalue weighted by molar-refractivity contribution is 7.18. The lowest BCUT2D eigenvalue weighted by Gasteiger charge is -2.36. The van der Waals surface area contributed by atoms with Crippen molar-refractivity contribution in [1.29, 1.82) is 0 Å². The van der Waals surface area contributed by atoms with Crippen molar-refractivity contribution in [3.63, 3.8) is 0 Å². The molecule has 3 unspecified atom stereocenters. The first-order chi connectivity index (χ1) is 12.8. The van der Waals surface area contributed by atoms with E-state index in [1.165, 1.54) is 11.3 Å². The zero-order valence-corrected chi connectivity index (χ0v) is 16.6. The molecular formula is C20H24N2O4S. The summed E-state index contributed by atoms with van der Waals surface area (Å²) < 4.78 is 5.64. The van der Waals surface area contributed by atoms with Gasteiger partial charge in [-0.1, -0.05) is 6.42 Å². The number of aromatic amines is 1. The summed E-state index contributed by atoms with van der Waals surface area (Å²) in [7, 11) is 0. The average molecular weight is 388 g/mol. The lowest BCUT2D eigenvalue weighted by molar-refractivity contribution is -0.158. The van der Waals surface area contributed by atoms with Gasteiger partial charge in [-0.3, -0.25) is 14.4 Å². The highest BCUT2D eigenvalue weighted by Crippen LogP contribution is 2.41. The Morgan fingerprint density at radius 1 is 1.22 bits per heavy atom. The summed E-state index contributed by atoms with van der Waals surface area (Å²) in [5.41, 5.74) is 0.746. The standard InChI is InChI=1S/C20H24N2O4S/c1-9-11(3)27-19-15(9)18(24)21-17(22-19)10(2)26-20(25)14-7-12-5-4-6-13(8-14)16(12)23/h10,12-14H,4-8H2,1-3H3,(H,21,22,24). The topological polar surface area (TPSA) is 89.1 Å². The maximum Gasteiger partial charge on any atom is 0.309 e. The summed E-state index contributed by atoms with van der Waals surface area (Å²) in [4.78, 5) is 46.3. The van der Waals surface area contributed by atoms with Crippen LogP contribution in [0.1, 0.15) is 61.4 Å². The number of Topliss-reactive ketones (excluding diaryl/α,β-unsaturated/α-hetero) is 1. The van der Waals surface area contributed by atoms with Gasteiger partial charge < -0.3 is 9.72 Å². The summed E-state index contributed by atoms with van der Waals surface area (Å²) in [6.45, 7) is 5.60. The molecule has 6 nitrogen and oxygen atoms in total. The lowest BCUT2D eigenvalue weighted by atomic mass is 9.67. The number of thiophene rings is 1. The van der Waals surface area contributed by atoms with Crippen molar-refractivity contribution in [1.82, 2.24) is 9.97 Å². The number of ether oxygens (including phenoxy) is 1. The molecule has 144 valence electrons. The number of hydrogen-bond donors (Lipinski definition) is 1. The number of ketones is 1. The average Bonchev–Trinajstić information content (AvgIpc) is 2.89. The number of fused-ring (bicyclic) bond motifs is 3. The highest BCUT2D eigenvalue weighted by atomic mass is 32.1. The first-order valence-corrected chi connectivity index (χ1v) is 10.4. The first-order valence-electron chi connectivity index (χ1n) is 9.59. The van der Waals surface area contributed by atoms with Gasteiger partial charge in [0.15, 0.2) is 11.9 Å². The number of aromatic nitrogens is 2. The van der Waals surface area contributed by atoms with Crippen molar-refractivity contribution in [2.45, 2.75) is 59.0 Å². The quantitative estimate of drug-likeness (QED) is 0.812. The monoisotopic (exact) mass is 388 g/mol. The van der Waals surface area contributed by atoms with Crippen molar-refractivity contribution in [2.75, 3.05) is 0 Å². The minimum absolute atomic E-state index is 0.0108. The predicted molar refractivity (Wildman–Crippen MR) is 103 cm³/mol. The molecule has 0 amide bonds. The molecule has 1 N–H and O–H groups in total. The van der Waals surface area contributed by atoms with Crippen molar-refractivity contribution in [3.05, 3.63) is 26.6 Å². The van der Waals surface area contributed by atoms with Crippen LogP contribution in [-0.2, 0) is 14.3 Å². The molecule has 2 bridgehead atoms. The van der Waals surface area contributed by atoms with Crippen molar-refractivity contribution in [2.24, 2.45) is 17.8 Å². The molecule has 2 heterocycles. The number of aryl methyl sites for hydroxylation is 2. The van der Waals surface area contributed by atoms with Gasteiger partial charge in [-0.15, -0.1) is 11.3 Å². The van der Waals surface area contributed by atoms with E-state index < -0.39 is 6.10 Å². The molecule has 2 aliphatic carbocycles. The Bertz CT molecular complexity index is 960. The zero-order chi connectivity index (χ0) is 19.3. The molecule has 2 aliphatic rings.